The zero-order chi connectivity index (χ0) is 21.0. The quantitative estimate of drug-likeness (QED) is 0.572. The first-order chi connectivity index (χ1) is 13.7. The van der Waals surface area contributed by atoms with Crippen molar-refractivity contribution in [2.45, 2.75) is 38.5 Å². The average molecular weight is 397 g/mol. The minimum absolute atomic E-state index is 0.0412. The van der Waals surface area contributed by atoms with Gasteiger partial charge in [0.25, 0.3) is 5.79 Å². The zero-order valence-corrected chi connectivity index (χ0v) is 16.3. The van der Waals surface area contributed by atoms with Gasteiger partial charge >= 0.3 is 18.0 Å². The van der Waals surface area contributed by atoms with Crippen LogP contribution >= 0.6 is 0 Å². The minimum atomic E-state index is -1.31. The van der Waals surface area contributed by atoms with Crippen LogP contribution in [0.25, 0.3) is 11.1 Å². The molecule has 1 amide bonds. The third kappa shape index (κ3) is 5.34. The van der Waals surface area contributed by atoms with Crippen LogP contribution in [0.1, 0.15) is 25.8 Å². The maximum absolute atomic E-state index is 12.2. The van der Waals surface area contributed by atoms with Crippen LogP contribution in [-0.4, -0.2) is 35.0 Å². The Bertz CT molecular complexity index is 871. The van der Waals surface area contributed by atoms with E-state index >= 15 is 0 Å². The van der Waals surface area contributed by atoms with Crippen molar-refractivity contribution in [3.63, 3.8) is 0 Å². The predicted octanol–water partition coefficient (Wildman–Crippen LogP) is 3.37. The summed E-state index contributed by atoms with van der Waals surface area (Å²) in [6, 6.07) is 16.9. The topological polar surface area (TPSA) is 102 Å². The molecule has 2 N–H and O–H groups in total. The highest BCUT2D eigenvalue weighted by molar-refractivity contribution is 5.96. The summed E-state index contributed by atoms with van der Waals surface area (Å²) in [6.07, 6.45) is -0.948. The number of nitrogens with one attached hydrogen (secondary N) is 1. The number of amides is 1. The molecule has 1 aliphatic rings. The van der Waals surface area contributed by atoms with Gasteiger partial charge < -0.3 is 19.9 Å². The maximum atomic E-state index is 12.2. The van der Waals surface area contributed by atoms with Crippen molar-refractivity contribution in [2.75, 3.05) is 0 Å². The number of ether oxygens (including phenoxy) is 2. The predicted molar refractivity (Wildman–Crippen MR) is 105 cm³/mol. The van der Waals surface area contributed by atoms with Crippen LogP contribution in [0.5, 0.6) is 0 Å². The SMILES string of the molecule is CC1(C)OC(=O)C(C[C@@H](Cc2ccc(-c3ccccc3)cc2)NC(=O)O)C(=O)O1. The zero-order valence-electron chi connectivity index (χ0n) is 16.3. The van der Waals surface area contributed by atoms with E-state index in [0.717, 1.165) is 16.7 Å². The fourth-order valence-electron chi connectivity index (χ4n) is 3.34. The summed E-state index contributed by atoms with van der Waals surface area (Å²) >= 11 is 0. The van der Waals surface area contributed by atoms with Gasteiger partial charge in [0.15, 0.2) is 5.92 Å². The molecule has 0 radical (unpaired) electrons. The number of carbonyl (C=O) groups excluding carboxylic acids is 2. The first-order valence-corrected chi connectivity index (χ1v) is 9.33. The van der Waals surface area contributed by atoms with Crippen LogP contribution in [0.3, 0.4) is 0 Å². The Morgan fingerprint density at radius 3 is 2.10 bits per heavy atom. The molecule has 3 rings (SSSR count). The summed E-state index contributed by atoms with van der Waals surface area (Å²) in [6.45, 7) is 2.95. The lowest BCUT2D eigenvalue weighted by Gasteiger charge is -2.34. The highest BCUT2D eigenvalue weighted by atomic mass is 16.7. The van der Waals surface area contributed by atoms with E-state index in [-0.39, 0.29) is 6.42 Å². The van der Waals surface area contributed by atoms with Crippen molar-refractivity contribution in [1.29, 1.82) is 0 Å². The summed E-state index contributed by atoms with van der Waals surface area (Å²) in [5.41, 5.74) is 3.00. The number of benzene rings is 2. The van der Waals surface area contributed by atoms with Crippen molar-refractivity contribution < 1.29 is 29.0 Å². The molecule has 2 aromatic carbocycles. The van der Waals surface area contributed by atoms with Gasteiger partial charge in [-0.1, -0.05) is 54.6 Å². The van der Waals surface area contributed by atoms with E-state index in [4.69, 9.17) is 14.6 Å². The molecule has 7 nitrogen and oxygen atoms in total. The van der Waals surface area contributed by atoms with E-state index in [2.05, 4.69) is 5.32 Å². The maximum Gasteiger partial charge on any atom is 0.404 e. The molecule has 2 aromatic rings. The second-order valence-corrected chi connectivity index (χ2v) is 7.44. The molecular weight excluding hydrogens is 374 g/mol. The Balaban J connectivity index is 1.72. The monoisotopic (exact) mass is 397 g/mol. The molecule has 1 aliphatic heterocycles. The second kappa shape index (κ2) is 8.34. The van der Waals surface area contributed by atoms with Crippen LogP contribution in [-0.2, 0) is 25.5 Å². The van der Waals surface area contributed by atoms with Crippen LogP contribution < -0.4 is 5.32 Å². The van der Waals surface area contributed by atoms with Gasteiger partial charge in [0.2, 0.25) is 0 Å². The fourth-order valence-corrected chi connectivity index (χ4v) is 3.34. The van der Waals surface area contributed by atoms with Crippen molar-refractivity contribution in [3.8, 4) is 11.1 Å². The van der Waals surface area contributed by atoms with Gasteiger partial charge in [-0.15, -0.1) is 0 Å². The van der Waals surface area contributed by atoms with Gasteiger partial charge in [0.05, 0.1) is 0 Å². The molecule has 0 spiro atoms. The molecular formula is C22H23NO6. The number of carbonyl (C=O) groups is 3. The number of rotatable bonds is 6. The van der Waals surface area contributed by atoms with Crippen LogP contribution in [0.2, 0.25) is 0 Å². The average Bonchev–Trinajstić information content (AvgIpc) is 2.65. The van der Waals surface area contributed by atoms with Crippen LogP contribution in [0.4, 0.5) is 4.79 Å². The van der Waals surface area contributed by atoms with Gasteiger partial charge in [-0.3, -0.25) is 9.59 Å². The third-order valence-electron chi connectivity index (χ3n) is 4.65. The van der Waals surface area contributed by atoms with Crippen LogP contribution in [0.15, 0.2) is 54.6 Å². The van der Waals surface area contributed by atoms with E-state index in [1.165, 1.54) is 13.8 Å². The molecule has 0 aromatic heterocycles. The molecule has 0 unspecified atom stereocenters. The lowest BCUT2D eigenvalue weighted by molar-refractivity contribution is -0.240. The van der Waals surface area contributed by atoms with E-state index < -0.39 is 35.8 Å². The van der Waals surface area contributed by atoms with Crippen molar-refractivity contribution in [1.82, 2.24) is 5.32 Å². The lowest BCUT2D eigenvalue weighted by atomic mass is 9.93. The Morgan fingerprint density at radius 1 is 1.00 bits per heavy atom. The standard InChI is InChI=1S/C22H23NO6/c1-22(2)28-19(24)18(20(25)29-22)13-17(23-21(26)27)12-14-8-10-16(11-9-14)15-6-4-3-5-7-15/h3-11,17-18,23H,12-13H2,1-2H3,(H,26,27)/t17-/m1/s1. The Hall–Kier alpha value is -3.35. The van der Waals surface area contributed by atoms with E-state index in [1.54, 1.807) is 0 Å². The Labute approximate surface area is 168 Å². The number of hydrogen-bond acceptors (Lipinski definition) is 5. The number of carboxylic acid groups (broad SMARTS) is 1. The fraction of sp³-hybridized carbons (Fsp3) is 0.318. The van der Waals surface area contributed by atoms with E-state index in [9.17, 15) is 14.4 Å². The highest BCUT2D eigenvalue weighted by Gasteiger charge is 2.44. The molecule has 1 fully saturated rings. The summed E-state index contributed by atoms with van der Waals surface area (Å²) in [5, 5.41) is 11.5. The molecule has 1 saturated heterocycles. The number of cyclic esters (lactones) is 2. The third-order valence-corrected chi connectivity index (χ3v) is 4.65. The first kappa shape index (κ1) is 20.4. The molecule has 0 saturated carbocycles. The van der Waals surface area contributed by atoms with Gasteiger partial charge in [-0.25, -0.2) is 4.79 Å². The van der Waals surface area contributed by atoms with E-state index in [1.807, 2.05) is 54.6 Å². The van der Waals surface area contributed by atoms with Crippen molar-refractivity contribution in [3.05, 3.63) is 60.2 Å². The number of hydrogen-bond donors (Lipinski definition) is 2. The normalized spacial score (nSPS) is 17.2. The summed E-state index contributed by atoms with van der Waals surface area (Å²) in [4.78, 5) is 35.6. The molecule has 29 heavy (non-hydrogen) atoms. The summed E-state index contributed by atoms with van der Waals surface area (Å²) < 4.78 is 10.2. The second-order valence-electron chi connectivity index (χ2n) is 7.44. The smallest absolute Gasteiger partial charge is 0.404 e. The summed E-state index contributed by atoms with van der Waals surface area (Å²) in [7, 11) is 0. The van der Waals surface area contributed by atoms with Crippen molar-refractivity contribution >= 4 is 18.0 Å². The van der Waals surface area contributed by atoms with Gasteiger partial charge in [0, 0.05) is 19.9 Å². The largest absolute Gasteiger partial charge is 0.465 e. The van der Waals surface area contributed by atoms with Gasteiger partial charge in [-0.05, 0) is 29.5 Å². The highest BCUT2D eigenvalue weighted by Crippen LogP contribution is 2.27. The lowest BCUT2D eigenvalue weighted by Crippen LogP contribution is -2.49. The molecule has 152 valence electrons. The first-order valence-electron chi connectivity index (χ1n) is 9.33. The van der Waals surface area contributed by atoms with Gasteiger partial charge in [-0.2, -0.15) is 0 Å². The number of esters is 2. The molecule has 0 bridgehead atoms. The van der Waals surface area contributed by atoms with Crippen molar-refractivity contribution in [2.24, 2.45) is 5.92 Å². The molecule has 1 atom stereocenters. The molecule has 7 heteroatoms. The van der Waals surface area contributed by atoms with Crippen LogP contribution in [0, 0.1) is 5.92 Å². The molecule has 0 aliphatic carbocycles. The summed E-state index contributed by atoms with van der Waals surface area (Å²) in [5.74, 6) is -3.89. The van der Waals surface area contributed by atoms with E-state index in [0.29, 0.717) is 6.42 Å². The minimum Gasteiger partial charge on any atom is -0.465 e. The Kier molecular flexibility index (Phi) is 5.87. The van der Waals surface area contributed by atoms with Gasteiger partial charge in [0.1, 0.15) is 0 Å². The Morgan fingerprint density at radius 2 is 1.55 bits per heavy atom. The molecule has 1 heterocycles.